The fourth-order valence-electron chi connectivity index (χ4n) is 6.07. The van der Waals surface area contributed by atoms with Gasteiger partial charge in [0.25, 0.3) is 0 Å². The van der Waals surface area contributed by atoms with Crippen LogP contribution in [-0.4, -0.2) is 15.9 Å². The molecule has 6 heteroatoms. The molecular weight excluding hydrogens is 775 g/mol. The van der Waals surface area contributed by atoms with Gasteiger partial charge in [0.1, 0.15) is 11.3 Å². The van der Waals surface area contributed by atoms with Crippen LogP contribution in [0.15, 0.2) is 87.7 Å². The normalized spacial score (nSPS) is 12.7. The van der Waals surface area contributed by atoms with Gasteiger partial charge in [-0.3, -0.25) is 9.78 Å². The number of aromatic nitrogens is 1. The van der Waals surface area contributed by atoms with Crippen LogP contribution in [0, 0.1) is 16.9 Å². The van der Waals surface area contributed by atoms with Crippen molar-refractivity contribution in [2.45, 2.75) is 93.4 Å². The molecule has 0 amide bonds. The number of pyridine rings is 1. The van der Waals surface area contributed by atoms with E-state index in [9.17, 15) is 9.90 Å². The van der Waals surface area contributed by atoms with Gasteiger partial charge in [-0.15, -0.1) is 29.1 Å². The van der Waals surface area contributed by atoms with Crippen molar-refractivity contribution in [3.8, 4) is 11.3 Å². The molecule has 0 saturated carbocycles. The maximum Gasteiger partial charge on any atom is 0.177 e. The van der Waals surface area contributed by atoms with E-state index in [1.54, 1.807) is 12.5 Å². The summed E-state index contributed by atoms with van der Waals surface area (Å²) in [6, 6.07) is 22.3. The molecule has 0 unspecified atom stereocenters. The SMILES string of the molecule is CC(C)(C)c1cc(-c2nccc3oc4c(ccc5ccoc54)c23)[c-]c2ccccc12.CCC(C)(CC)C(=O)/C=C(\O)C(C)(CC)CC.[Ir]. The molecule has 3 heterocycles. The van der Waals surface area contributed by atoms with Gasteiger partial charge in [-0.2, -0.15) is 0 Å². The molecule has 0 aliphatic carbocycles. The first-order chi connectivity index (χ1) is 22.3. The smallest absolute Gasteiger partial charge is 0.177 e. The number of benzene rings is 3. The molecule has 1 radical (unpaired) electrons. The number of fused-ring (bicyclic) bond motifs is 6. The first-order valence-corrected chi connectivity index (χ1v) is 16.9. The Balaban J connectivity index is 0.000000251. The Kier molecular flexibility index (Phi) is 11.1. The number of carbonyl (C=O) groups excluding carboxylic acids is 1. The summed E-state index contributed by atoms with van der Waals surface area (Å²) < 4.78 is 11.9. The Morgan fingerprint density at radius 1 is 0.854 bits per heavy atom. The van der Waals surface area contributed by atoms with Gasteiger partial charge in [0.2, 0.25) is 0 Å². The molecule has 48 heavy (non-hydrogen) atoms. The number of ketones is 1. The van der Waals surface area contributed by atoms with Gasteiger partial charge in [-0.05, 0) is 43.2 Å². The maximum absolute atomic E-state index is 12.2. The number of rotatable bonds is 8. The molecular formula is C42H48IrNO4-. The molecule has 0 aliphatic rings. The minimum atomic E-state index is -0.337. The average molecular weight is 823 g/mol. The maximum atomic E-state index is 12.2. The molecule has 0 aliphatic heterocycles. The average Bonchev–Trinajstić information content (AvgIpc) is 3.71. The summed E-state index contributed by atoms with van der Waals surface area (Å²) in [7, 11) is 0. The third kappa shape index (κ3) is 6.88. The Labute approximate surface area is 298 Å². The molecule has 3 aromatic carbocycles. The number of nitrogens with zero attached hydrogens (tertiary/aromatic N) is 1. The van der Waals surface area contributed by atoms with Crippen LogP contribution in [0.3, 0.4) is 0 Å². The fourth-order valence-corrected chi connectivity index (χ4v) is 6.07. The van der Waals surface area contributed by atoms with Crippen LogP contribution in [0.4, 0.5) is 0 Å². The molecule has 0 atom stereocenters. The Morgan fingerprint density at radius 3 is 2.17 bits per heavy atom. The molecule has 3 aromatic heterocycles. The van der Waals surface area contributed by atoms with Gasteiger partial charge in [-0.1, -0.05) is 104 Å². The van der Waals surface area contributed by atoms with Crippen LogP contribution < -0.4 is 0 Å². The monoisotopic (exact) mass is 823 g/mol. The van der Waals surface area contributed by atoms with E-state index in [-0.39, 0.29) is 47.9 Å². The standard InChI is InChI=1S/C27H20NO2.C15H28O2.Ir/c1-27(2,3)21-15-18(14-17-6-4-5-7-19(17)21)24-23-20-9-8-16-11-13-29-25(16)26(20)30-22(23)10-12-28-24;1-7-14(5,8-2)12(16)11-13(17)15(6,9-3)10-4;/h4-13,15H,1-3H3;11,16H,7-10H2,1-6H3;/q-1;;/b;12-11-;. The number of allylic oxidation sites excluding steroid dienone is 2. The van der Waals surface area contributed by atoms with E-state index in [2.05, 4.69) is 69.3 Å². The van der Waals surface area contributed by atoms with Gasteiger partial charge >= 0.3 is 0 Å². The van der Waals surface area contributed by atoms with Crippen molar-refractivity contribution in [2.75, 3.05) is 0 Å². The number of hydrogen-bond donors (Lipinski definition) is 1. The summed E-state index contributed by atoms with van der Waals surface area (Å²) >= 11 is 0. The van der Waals surface area contributed by atoms with E-state index in [4.69, 9.17) is 13.8 Å². The van der Waals surface area contributed by atoms with E-state index in [0.717, 1.165) is 75.2 Å². The van der Waals surface area contributed by atoms with Crippen molar-refractivity contribution in [3.63, 3.8) is 0 Å². The van der Waals surface area contributed by atoms with Crippen LogP contribution >= 0.6 is 0 Å². The number of aliphatic hydroxyl groups excluding tert-OH is 1. The number of aliphatic hydroxyl groups is 1. The van der Waals surface area contributed by atoms with Crippen molar-refractivity contribution >= 4 is 49.5 Å². The van der Waals surface area contributed by atoms with Gasteiger partial charge in [-0.25, -0.2) is 0 Å². The van der Waals surface area contributed by atoms with Gasteiger partial charge in [0, 0.05) is 65.1 Å². The minimum absolute atomic E-state index is 0. The van der Waals surface area contributed by atoms with Crippen LogP contribution in [0.1, 0.15) is 93.6 Å². The molecule has 0 spiro atoms. The zero-order valence-corrected chi connectivity index (χ0v) is 32.1. The third-order valence-corrected chi connectivity index (χ3v) is 10.4. The second-order valence-electron chi connectivity index (χ2n) is 14.2. The van der Waals surface area contributed by atoms with Crippen LogP contribution in [0.2, 0.25) is 0 Å². The fraction of sp³-hybridized carbons (Fsp3) is 0.381. The van der Waals surface area contributed by atoms with Gasteiger partial charge in [0.15, 0.2) is 16.9 Å². The molecule has 1 N–H and O–H groups in total. The molecule has 0 fully saturated rings. The van der Waals surface area contributed by atoms with Crippen LogP contribution in [-0.2, 0) is 30.3 Å². The molecule has 6 rings (SSSR count). The van der Waals surface area contributed by atoms with E-state index < -0.39 is 0 Å². The third-order valence-electron chi connectivity index (χ3n) is 10.4. The Hall–Kier alpha value is -3.73. The Bertz CT molecular complexity index is 2080. The summed E-state index contributed by atoms with van der Waals surface area (Å²) in [6.45, 7) is 18.8. The van der Waals surface area contributed by atoms with Gasteiger partial charge in [0.05, 0.1) is 6.26 Å². The van der Waals surface area contributed by atoms with Crippen molar-refractivity contribution < 1.29 is 38.8 Å². The van der Waals surface area contributed by atoms with Crippen molar-refractivity contribution in [1.29, 1.82) is 0 Å². The summed E-state index contributed by atoms with van der Waals surface area (Å²) in [5, 5.41) is 15.5. The van der Waals surface area contributed by atoms with Crippen molar-refractivity contribution in [1.82, 2.24) is 4.98 Å². The molecule has 0 bridgehead atoms. The van der Waals surface area contributed by atoms with Crippen molar-refractivity contribution in [3.05, 3.63) is 90.5 Å². The largest absolute Gasteiger partial charge is 0.512 e. The summed E-state index contributed by atoms with van der Waals surface area (Å²) in [5.74, 6) is 0.286. The summed E-state index contributed by atoms with van der Waals surface area (Å²) in [6.07, 6.45) is 8.26. The van der Waals surface area contributed by atoms with Crippen molar-refractivity contribution in [2.24, 2.45) is 10.8 Å². The van der Waals surface area contributed by atoms with E-state index in [1.807, 2.05) is 53.7 Å². The molecule has 0 saturated heterocycles. The number of carbonyl (C=O) groups is 1. The zero-order chi connectivity index (χ0) is 34.1. The first kappa shape index (κ1) is 37.1. The van der Waals surface area contributed by atoms with E-state index in [1.165, 1.54) is 17.0 Å². The van der Waals surface area contributed by atoms with E-state index >= 15 is 0 Å². The predicted octanol–water partition coefficient (Wildman–Crippen LogP) is 12.3. The first-order valence-electron chi connectivity index (χ1n) is 16.9. The minimum Gasteiger partial charge on any atom is -0.512 e. The van der Waals surface area contributed by atoms with E-state index in [0.29, 0.717) is 0 Å². The topological polar surface area (TPSA) is 76.5 Å². The summed E-state index contributed by atoms with van der Waals surface area (Å²) in [5.41, 5.74) is 4.88. The molecule has 5 nitrogen and oxygen atoms in total. The van der Waals surface area contributed by atoms with Crippen LogP contribution in [0.25, 0.3) is 54.9 Å². The number of hydrogen-bond acceptors (Lipinski definition) is 5. The van der Waals surface area contributed by atoms with Crippen LogP contribution in [0.5, 0.6) is 0 Å². The predicted molar refractivity (Wildman–Crippen MR) is 195 cm³/mol. The zero-order valence-electron chi connectivity index (χ0n) is 29.7. The molecule has 255 valence electrons. The van der Waals surface area contributed by atoms with Gasteiger partial charge < -0.3 is 13.9 Å². The quantitative estimate of drug-likeness (QED) is 0.0940. The molecule has 6 aromatic rings. The second kappa shape index (κ2) is 14.4. The number of furan rings is 2. The summed E-state index contributed by atoms with van der Waals surface area (Å²) in [4.78, 5) is 17.0. The Morgan fingerprint density at radius 2 is 1.52 bits per heavy atom. The second-order valence-corrected chi connectivity index (χ2v) is 14.2.